The molecular formula is C21H14N4. The molecule has 25 heavy (non-hydrogen) atoms. The van der Waals surface area contributed by atoms with Gasteiger partial charge in [0.2, 0.25) is 0 Å². The lowest BCUT2D eigenvalue weighted by Crippen LogP contribution is -2.32. The first-order valence-corrected chi connectivity index (χ1v) is 7.88. The maximum atomic E-state index is 9.77. The van der Waals surface area contributed by atoms with Gasteiger partial charge in [0, 0.05) is 5.41 Å². The quantitative estimate of drug-likeness (QED) is 0.839. The average Bonchev–Trinajstić information content (AvgIpc) is 3.02. The molecule has 0 bridgehead atoms. The normalized spacial score (nSPS) is 18.9. The van der Waals surface area contributed by atoms with Crippen molar-refractivity contribution in [3.63, 3.8) is 0 Å². The third-order valence-electron chi connectivity index (χ3n) is 5.28. The van der Waals surface area contributed by atoms with Crippen molar-refractivity contribution >= 4 is 0 Å². The predicted octanol–water partition coefficient (Wildman–Crippen LogP) is 3.83. The molecule has 118 valence electrons. The molecule has 2 aromatic rings. The zero-order valence-corrected chi connectivity index (χ0v) is 13.5. The molecule has 0 N–H and O–H groups in total. The minimum Gasteiger partial charge on any atom is -0.196 e. The Balaban J connectivity index is 2.34. The van der Waals surface area contributed by atoms with Crippen LogP contribution in [0.15, 0.2) is 60.7 Å². The zero-order valence-electron chi connectivity index (χ0n) is 13.5. The van der Waals surface area contributed by atoms with Crippen molar-refractivity contribution in [2.45, 2.75) is 18.3 Å². The number of benzene rings is 2. The summed E-state index contributed by atoms with van der Waals surface area (Å²) in [5, 5.41) is 39.1. The largest absolute Gasteiger partial charge is 0.196 e. The van der Waals surface area contributed by atoms with Gasteiger partial charge in [-0.15, -0.1) is 0 Å². The number of nitriles is 4. The molecule has 0 amide bonds. The molecule has 0 aromatic heterocycles. The van der Waals surface area contributed by atoms with Gasteiger partial charge in [-0.3, -0.25) is 0 Å². The van der Waals surface area contributed by atoms with Crippen molar-refractivity contribution in [1.82, 2.24) is 0 Å². The fourth-order valence-electron chi connectivity index (χ4n) is 3.95. The van der Waals surface area contributed by atoms with E-state index in [9.17, 15) is 21.0 Å². The van der Waals surface area contributed by atoms with Crippen molar-refractivity contribution in [2.24, 2.45) is 10.8 Å². The summed E-state index contributed by atoms with van der Waals surface area (Å²) in [6, 6.07) is 27.1. The minimum atomic E-state index is -1.68. The first-order chi connectivity index (χ1) is 12.1. The Morgan fingerprint density at radius 1 is 0.560 bits per heavy atom. The van der Waals surface area contributed by atoms with E-state index in [1.165, 1.54) is 0 Å². The summed E-state index contributed by atoms with van der Waals surface area (Å²) >= 11 is 0. The van der Waals surface area contributed by atoms with Crippen LogP contribution >= 0.6 is 0 Å². The number of rotatable bonds is 2. The van der Waals surface area contributed by atoms with Crippen molar-refractivity contribution in [2.75, 3.05) is 0 Å². The van der Waals surface area contributed by atoms with Crippen LogP contribution in [0, 0.1) is 56.2 Å². The third kappa shape index (κ3) is 2.10. The fraction of sp³-hybridized carbons (Fsp3) is 0.238. The van der Waals surface area contributed by atoms with Gasteiger partial charge in [0.25, 0.3) is 0 Å². The average molecular weight is 322 g/mol. The van der Waals surface area contributed by atoms with E-state index in [0.29, 0.717) is 0 Å². The van der Waals surface area contributed by atoms with Gasteiger partial charge < -0.3 is 0 Å². The fourth-order valence-corrected chi connectivity index (χ4v) is 3.95. The molecular weight excluding hydrogens is 308 g/mol. The van der Waals surface area contributed by atoms with Gasteiger partial charge >= 0.3 is 0 Å². The smallest absolute Gasteiger partial charge is 0.176 e. The number of hydrogen-bond donors (Lipinski definition) is 0. The summed E-state index contributed by atoms with van der Waals surface area (Å²) in [6.45, 7) is 0. The van der Waals surface area contributed by atoms with E-state index >= 15 is 0 Å². The third-order valence-corrected chi connectivity index (χ3v) is 5.28. The molecule has 1 saturated carbocycles. The van der Waals surface area contributed by atoms with E-state index < -0.39 is 16.2 Å². The first-order valence-electron chi connectivity index (χ1n) is 7.88. The summed E-state index contributed by atoms with van der Waals surface area (Å²) in [6.07, 6.45) is 0.226. The van der Waals surface area contributed by atoms with Crippen LogP contribution in [0.4, 0.5) is 0 Å². The summed E-state index contributed by atoms with van der Waals surface area (Å²) in [5.41, 5.74) is -2.28. The van der Waals surface area contributed by atoms with Crippen molar-refractivity contribution < 1.29 is 0 Å². The highest BCUT2D eigenvalue weighted by atomic mass is 14.7. The molecule has 3 rings (SSSR count). The topological polar surface area (TPSA) is 95.2 Å². The Bertz CT molecular complexity index is 840. The standard InChI is InChI=1S/C21H14N4/c22-13-19(14-23)11-21(12-20(19,15-24)16-25,17-7-3-1-4-8-17)18-9-5-2-6-10-18/h1-10H,11-12H2. The van der Waals surface area contributed by atoms with E-state index in [1.807, 2.05) is 84.9 Å². The Labute approximate surface area is 146 Å². The molecule has 0 saturated heterocycles. The Hall–Kier alpha value is -3.60. The molecule has 0 heterocycles. The lowest BCUT2D eigenvalue weighted by molar-refractivity contribution is 0.359. The van der Waals surface area contributed by atoms with Gasteiger partial charge in [-0.05, 0) is 24.0 Å². The Kier molecular flexibility index (Phi) is 3.77. The van der Waals surface area contributed by atoms with Crippen LogP contribution in [0.5, 0.6) is 0 Å². The molecule has 1 aliphatic rings. The van der Waals surface area contributed by atoms with Crippen LogP contribution in [-0.4, -0.2) is 0 Å². The molecule has 4 nitrogen and oxygen atoms in total. The minimum absolute atomic E-state index is 0.113. The zero-order chi connectivity index (χ0) is 18.0. The van der Waals surface area contributed by atoms with Crippen LogP contribution in [0.3, 0.4) is 0 Å². The Morgan fingerprint density at radius 3 is 1.16 bits per heavy atom. The lowest BCUT2D eigenvalue weighted by Gasteiger charge is -2.31. The molecule has 1 aliphatic carbocycles. The van der Waals surface area contributed by atoms with Crippen LogP contribution < -0.4 is 0 Å². The predicted molar refractivity (Wildman–Crippen MR) is 90.2 cm³/mol. The van der Waals surface area contributed by atoms with Crippen molar-refractivity contribution in [3.05, 3.63) is 71.8 Å². The molecule has 0 aliphatic heterocycles. The highest BCUT2D eigenvalue weighted by molar-refractivity contribution is 5.50. The maximum absolute atomic E-state index is 9.77. The van der Waals surface area contributed by atoms with Gasteiger partial charge in [-0.2, -0.15) is 21.0 Å². The molecule has 1 fully saturated rings. The van der Waals surface area contributed by atoms with Gasteiger partial charge in [-0.25, -0.2) is 0 Å². The van der Waals surface area contributed by atoms with Gasteiger partial charge in [0.15, 0.2) is 10.8 Å². The summed E-state index contributed by atoms with van der Waals surface area (Å²) in [5.74, 6) is 0. The highest BCUT2D eigenvalue weighted by Gasteiger charge is 2.67. The van der Waals surface area contributed by atoms with Gasteiger partial charge in [0.05, 0.1) is 24.3 Å². The summed E-state index contributed by atoms with van der Waals surface area (Å²) in [7, 11) is 0. The molecule has 0 spiro atoms. The van der Waals surface area contributed by atoms with E-state index in [1.54, 1.807) is 0 Å². The second-order valence-corrected chi connectivity index (χ2v) is 6.43. The van der Waals surface area contributed by atoms with Gasteiger partial charge in [-0.1, -0.05) is 60.7 Å². The maximum Gasteiger partial charge on any atom is 0.176 e. The van der Waals surface area contributed by atoms with E-state index in [2.05, 4.69) is 0 Å². The second kappa shape index (κ2) is 5.79. The van der Waals surface area contributed by atoms with Gasteiger partial charge in [0.1, 0.15) is 0 Å². The first kappa shape index (κ1) is 16.3. The number of hydrogen-bond acceptors (Lipinski definition) is 4. The summed E-state index contributed by atoms with van der Waals surface area (Å²) < 4.78 is 0. The van der Waals surface area contributed by atoms with Crippen LogP contribution in [-0.2, 0) is 5.41 Å². The van der Waals surface area contributed by atoms with E-state index in [4.69, 9.17) is 0 Å². The number of nitrogens with zero attached hydrogens (tertiary/aromatic N) is 4. The van der Waals surface area contributed by atoms with Crippen molar-refractivity contribution in [3.8, 4) is 24.3 Å². The van der Waals surface area contributed by atoms with E-state index in [0.717, 1.165) is 11.1 Å². The van der Waals surface area contributed by atoms with Crippen LogP contribution in [0.2, 0.25) is 0 Å². The van der Waals surface area contributed by atoms with Crippen LogP contribution in [0.25, 0.3) is 0 Å². The molecule has 0 unspecified atom stereocenters. The lowest BCUT2D eigenvalue weighted by atomic mass is 9.69. The Morgan fingerprint density at radius 2 is 0.880 bits per heavy atom. The van der Waals surface area contributed by atoms with Crippen molar-refractivity contribution in [1.29, 1.82) is 21.0 Å². The van der Waals surface area contributed by atoms with E-state index in [-0.39, 0.29) is 12.8 Å². The second-order valence-electron chi connectivity index (χ2n) is 6.43. The monoisotopic (exact) mass is 322 g/mol. The molecule has 2 aromatic carbocycles. The molecule has 4 heteroatoms. The summed E-state index contributed by atoms with van der Waals surface area (Å²) in [4.78, 5) is 0. The highest BCUT2D eigenvalue weighted by Crippen LogP contribution is 2.62. The SMILES string of the molecule is N#CC1(C#N)CC(c2ccccc2)(c2ccccc2)CC1(C#N)C#N. The molecule has 0 radical (unpaired) electrons. The van der Waals surface area contributed by atoms with Crippen LogP contribution in [0.1, 0.15) is 24.0 Å². The molecule has 0 atom stereocenters.